The lowest BCUT2D eigenvalue weighted by Crippen LogP contribution is -2.05. The summed E-state index contributed by atoms with van der Waals surface area (Å²) in [5.41, 5.74) is -0.746. The maximum absolute atomic E-state index is 13.3. The van der Waals surface area contributed by atoms with Gasteiger partial charge in [0, 0.05) is 30.5 Å². The van der Waals surface area contributed by atoms with E-state index < -0.39 is 22.4 Å². The number of carbonyl (C=O) groups is 1. The third-order valence-electron chi connectivity index (χ3n) is 2.75. The summed E-state index contributed by atoms with van der Waals surface area (Å²) in [5.74, 6) is -2.05. The number of benzene rings is 1. The van der Waals surface area contributed by atoms with Gasteiger partial charge in [0.05, 0.1) is 4.92 Å². The Morgan fingerprint density at radius 1 is 1.48 bits per heavy atom. The maximum atomic E-state index is 13.3. The van der Waals surface area contributed by atoms with E-state index in [1.807, 2.05) is 0 Å². The maximum Gasteiger partial charge on any atom is 0.356 e. The second-order valence-electron chi connectivity index (χ2n) is 4.12. The standard InChI is InChI=1S/C12H10FN3O5/c13-8-1-2-9(16(20)21)10(5-8)15-6-7(3-4-17)11(14-15)12(18)19/h1-2,5-6,17H,3-4H2,(H,18,19). The Labute approximate surface area is 117 Å². The summed E-state index contributed by atoms with van der Waals surface area (Å²) in [6.45, 7) is -0.308. The van der Waals surface area contributed by atoms with Gasteiger partial charge in [0.1, 0.15) is 11.5 Å². The second-order valence-corrected chi connectivity index (χ2v) is 4.12. The van der Waals surface area contributed by atoms with Crippen molar-refractivity contribution in [3.05, 3.63) is 51.6 Å². The van der Waals surface area contributed by atoms with Crippen molar-refractivity contribution >= 4 is 11.7 Å². The molecule has 0 saturated carbocycles. The number of hydrogen-bond donors (Lipinski definition) is 2. The molecule has 1 heterocycles. The van der Waals surface area contributed by atoms with Crippen molar-refractivity contribution in [1.29, 1.82) is 0 Å². The van der Waals surface area contributed by atoms with Gasteiger partial charge in [0.25, 0.3) is 5.69 Å². The largest absolute Gasteiger partial charge is 0.476 e. The monoisotopic (exact) mass is 295 g/mol. The first kappa shape index (κ1) is 14.6. The molecule has 0 spiro atoms. The first-order chi connectivity index (χ1) is 9.93. The van der Waals surface area contributed by atoms with Crippen LogP contribution in [0.25, 0.3) is 5.69 Å². The molecule has 0 aliphatic rings. The number of carboxylic acid groups (broad SMARTS) is 1. The molecule has 0 bridgehead atoms. The molecule has 0 fully saturated rings. The quantitative estimate of drug-likeness (QED) is 0.631. The lowest BCUT2D eigenvalue weighted by atomic mass is 10.2. The topological polar surface area (TPSA) is 118 Å². The molecule has 0 aliphatic heterocycles. The Morgan fingerprint density at radius 2 is 2.19 bits per heavy atom. The number of halogens is 1. The Bertz CT molecular complexity index is 713. The Hall–Kier alpha value is -2.81. The minimum atomic E-state index is -1.34. The van der Waals surface area contributed by atoms with E-state index in [-0.39, 0.29) is 30.0 Å². The fourth-order valence-electron chi connectivity index (χ4n) is 1.85. The van der Waals surface area contributed by atoms with Gasteiger partial charge < -0.3 is 10.2 Å². The highest BCUT2D eigenvalue weighted by Crippen LogP contribution is 2.24. The molecule has 8 nitrogen and oxygen atoms in total. The van der Waals surface area contributed by atoms with Crippen molar-refractivity contribution in [2.24, 2.45) is 0 Å². The van der Waals surface area contributed by atoms with Crippen LogP contribution < -0.4 is 0 Å². The number of aliphatic hydroxyl groups excluding tert-OH is 1. The molecule has 9 heteroatoms. The number of nitro groups is 1. The summed E-state index contributed by atoms with van der Waals surface area (Å²) >= 11 is 0. The van der Waals surface area contributed by atoms with Gasteiger partial charge in [-0.3, -0.25) is 10.1 Å². The first-order valence-electron chi connectivity index (χ1n) is 5.81. The van der Waals surface area contributed by atoms with E-state index in [1.165, 1.54) is 6.20 Å². The van der Waals surface area contributed by atoms with Gasteiger partial charge in [-0.05, 0) is 12.5 Å². The van der Waals surface area contributed by atoms with Crippen LogP contribution in [0.1, 0.15) is 16.1 Å². The van der Waals surface area contributed by atoms with Crippen molar-refractivity contribution < 1.29 is 24.3 Å². The second kappa shape index (κ2) is 5.67. The molecule has 0 amide bonds. The zero-order valence-electron chi connectivity index (χ0n) is 10.6. The molecule has 2 rings (SSSR count). The molecule has 0 radical (unpaired) electrons. The molecule has 1 aromatic heterocycles. The van der Waals surface area contributed by atoms with Gasteiger partial charge in [0.2, 0.25) is 0 Å². The van der Waals surface area contributed by atoms with Gasteiger partial charge >= 0.3 is 5.97 Å². The number of aromatic nitrogens is 2. The zero-order valence-corrected chi connectivity index (χ0v) is 10.6. The average molecular weight is 295 g/mol. The molecule has 2 N–H and O–H groups in total. The zero-order chi connectivity index (χ0) is 15.6. The highest BCUT2D eigenvalue weighted by molar-refractivity contribution is 5.87. The predicted octanol–water partition coefficient (Wildman–Crippen LogP) is 1.15. The number of aromatic carboxylic acids is 1. The molecular formula is C12H10FN3O5. The van der Waals surface area contributed by atoms with Crippen LogP contribution in [0.15, 0.2) is 24.4 Å². The summed E-state index contributed by atoms with van der Waals surface area (Å²) in [6, 6.07) is 2.79. The fourth-order valence-corrected chi connectivity index (χ4v) is 1.85. The normalized spacial score (nSPS) is 10.6. The summed E-state index contributed by atoms with van der Waals surface area (Å²) < 4.78 is 14.2. The lowest BCUT2D eigenvalue weighted by Gasteiger charge is -2.02. The summed E-state index contributed by atoms with van der Waals surface area (Å²) in [5, 5.41) is 32.6. The van der Waals surface area contributed by atoms with Crippen LogP contribution in [0.5, 0.6) is 0 Å². The van der Waals surface area contributed by atoms with Gasteiger partial charge in [-0.25, -0.2) is 13.9 Å². The lowest BCUT2D eigenvalue weighted by molar-refractivity contribution is -0.384. The van der Waals surface area contributed by atoms with Crippen molar-refractivity contribution in [1.82, 2.24) is 9.78 Å². The number of carboxylic acids is 1. The average Bonchev–Trinajstić information content (AvgIpc) is 2.83. The Morgan fingerprint density at radius 3 is 2.76 bits per heavy atom. The summed E-state index contributed by atoms with van der Waals surface area (Å²) in [7, 11) is 0. The van der Waals surface area contributed by atoms with Crippen LogP contribution in [0.2, 0.25) is 0 Å². The van der Waals surface area contributed by atoms with Crippen molar-refractivity contribution in [3.63, 3.8) is 0 Å². The van der Waals surface area contributed by atoms with Crippen molar-refractivity contribution in [3.8, 4) is 5.69 Å². The van der Waals surface area contributed by atoms with Crippen molar-refractivity contribution in [2.75, 3.05) is 6.61 Å². The smallest absolute Gasteiger partial charge is 0.356 e. The molecule has 110 valence electrons. The van der Waals surface area contributed by atoms with Crippen LogP contribution in [0.4, 0.5) is 10.1 Å². The predicted molar refractivity (Wildman–Crippen MR) is 67.9 cm³/mol. The highest BCUT2D eigenvalue weighted by atomic mass is 19.1. The molecule has 0 aliphatic carbocycles. The van der Waals surface area contributed by atoms with E-state index in [0.717, 1.165) is 22.9 Å². The number of aliphatic hydroxyl groups is 1. The van der Waals surface area contributed by atoms with E-state index in [4.69, 9.17) is 10.2 Å². The van der Waals surface area contributed by atoms with Crippen LogP contribution in [-0.4, -0.2) is 37.5 Å². The van der Waals surface area contributed by atoms with Crippen LogP contribution in [-0.2, 0) is 6.42 Å². The van der Waals surface area contributed by atoms with Crippen LogP contribution >= 0.6 is 0 Å². The Balaban J connectivity index is 2.61. The van der Waals surface area contributed by atoms with Gasteiger partial charge in [-0.15, -0.1) is 0 Å². The third kappa shape index (κ3) is 2.87. The number of nitrogens with zero attached hydrogens (tertiary/aromatic N) is 3. The van der Waals surface area contributed by atoms with Crippen molar-refractivity contribution in [2.45, 2.75) is 6.42 Å². The molecule has 2 aromatic rings. The highest BCUT2D eigenvalue weighted by Gasteiger charge is 2.21. The minimum Gasteiger partial charge on any atom is -0.476 e. The van der Waals surface area contributed by atoms with Crippen LogP contribution in [0.3, 0.4) is 0 Å². The number of hydrogen-bond acceptors (Lipinski definition) is 5. The van der Waals surface area contributed by atoms with E-state index >= 15 is 0 Å². The van der Waals surface area contributed by atoms with Gasteiger partial charge in [-0.2, -0.15) is 5.10 Å². The molecule has 1 aromatic carbocycles. The molecule has 0 atom stereocenters. The minimum absolute atomic E-state index is 0.0186. The van der Waals surface area contributed by atoms with Gasteiger partial charge in [0.15, 0.2) is 5.69 Å². The first-order valence-corrected chi connectivity index (χ1v) is 5.81. The van der Waals surface area contributed by atoms with Gasteiger partial charge in [-0.1, -0.05) is 0 Å². The summed E-state index contributed by atoms with van der Waals surface area (Å²) in [6.07, 6.45) is 1.24. The molecule has 0 unspecified atom stereocenters. The number of rotatable bonds is 5. The van der Waals surface area contributed by atoms with E-state index in [0.29, 0.717) is 0 Å². The number of nitro benzene ring substituents is 1. The molecule has 0 saturated heterocycles. The SMILES string of the molecule is O=C(O)c1nn(-c2cc(F)ccc2[N+](=O)[O-])cc1CCO. The fraction of sp³-hybridized carbons (Fsp3) is 0.167. The van der Waals surface area contributed by atoms with E-state index in [2.05, 4.69) is 5.10 Å². The van der Waals surface area contributed by atoms with E-state index in [1.54, 1.807) is 0 Å². The van der Waals surface area contributed by atoms with Crippen LogP contribution in [0, 0.1) is 15.9 Å². The van der Waals surface area contributed by atoms with E-state index in [9.17, 15) is 19.3 Å². The molecular weight excluding hydrogens is 285 g/mol. The third-order valence-corrected chi connectivity index (χ3v) is 2.75. The summed E-state index contributed by atoms with van der Waals surface area (Å²) in [4.78, 5) is 21.3. The molecule has 21 heavy (non-hydrogen) atoms. The Kier molecular flexibility index (Phi) is 3.94.